The Morgan fingerprint density at radius 3 is 1.51 bits per heavy atom. The second-order valence-corrected chi connectivity index (χ2v) is 10.4. The minimum absolute atomic E-state index is 0.251. The minimum Gasteiger partial charge on any atom is -0.508 e. The van der Waals surface area contributed by atoms with Gasteiger partial charge in [0.05, 0.1) is 0 Å². The molecule has 4 nitrogen and oxygen atoms in total. The molecule has 0 bridgehead atoms. The first kappa shape index (κ1) is 33.4. The maximum Gasteiger partial charge on any atom is 0.123 e. The van der Waals surface area contributed by atoms with Crippen LogP contribution in [-0.4, -0.2) is 20.4 Å². The van der Waals surface area contributed by atoms with Crippen LogP contribution >= 0.6 is 34.8 Å². The monoisotopic (exact) mass is 610 g/mol. The Hall–Kier alpha value is -3.83. The van der Waals surface area contributed by atoms with Crippen LogP contribution in [0.2, 0.25) is 15.1 Å². The van der Waals surface area contributed by atoms with Crippen LogP contribution in [0.15, 0.2) is 103 Å². The van der Waals surface area contributed by atoms with Gasteiger partial charge in [0, 0.05) is 20.6 Å². The highest BCUT2D eigenvalue weighted by Crippen LogP contribution is 2.31. The lowest BCUT2D eigenvalue weighted by Gasteiger charge is -2.04. The van der Waals surface area contributed by atoms with E-state index >= 15 is 0 Å². The van der Waals surface area contributed by atoms with Gasteiger partial charge in [0.15, 0.2) is 0 Å². The lowest BCUT2D eigenvalue weighted by atomic mass is 10.1. The molecular formula is C34H33Cl3O4. The molecule has 0 amide bonds. The van der Waals surface area contributed by atoms with Crippen molar-refractivity contribution < 1.29 is 20.4 Å². The summed E-state index contributed by atoms with van der Waals surface area (Å²) in [6.07, 6.45) is 0. The summed E-state index contributed by atoms with van der Waals surface area (Å²) in [4.78, 5) is 0. The zero-order valence-corrected chi connectivity index (χ0v) is 25.5. The molecule has 0 saturated heterocycles. The summed E-state index contributed by atoms with van der Waals surface area (Å²) in [6, 6.07) is 30.1. The molecule has 0 aliphatic heterocycles. The number of aromatic hydroxyl groups is 4. The Balaban J connectivity index is 0.000000196. The summed E-state index contributed by atoms with van der Waals surface area (Å²) in [6.45, 7) is 7.49. The van der Waals surface area contributed by atoms with Crippen LogP contribution in [0.3, 0.4) is 0 Å². The number of halogens is 3. The largest absolute Gasteiger partial charge is 0.508 e. The smallest absolute Gasteiger partial charge is 0.123 e. The average molecular weight is 612 g/mol. The molecule has 5 aromatic carbocycles. The molecule has 0 fully saturated rings. The minimum atomic E-state index is 0.251. The highest BCUT2D eigenvalue weighted by Gasteiger charge is 2.03. The first-order valence-corrected chi connectivity index (χ1v) is 13.7. The number of phenolic OH excluding ortho intramolecular Hbond substituents is 4. The van der Waals surface area contributed by atoms with Crippen LogP contribution in [-0.2, 0) is 0 Å². The zero-order chi connectivity index (χ0) is 30.5. The molecule has 4 N–H and O–H groups in total. The Morgan fingerprint density at radius 1 is 0.463 bits per heavy atom. The molecule has 0 aromatic heterocycles. The number of hydrogen-bond acceptors (Lipinski definition) is 4. The Labute approximate surface area is 256 Å². The van der Waals surface area contributed by atoms with Crippen LogP contribution in [0.5, 0.6) is 23.0 Å². The number of phenols is 4. The predicted octanol–water partition coefficient (Wildman–Crippen LogP) is 10.4. The van der Waals surface area contributed by atoms with E-state index in [0.29, 0.717) is 21.5 Å². The van der Waals surface area contributed by atoms with Crippen molar-refractivity contribution in [1.29, 1.82) is 0 Å². The van der Waals surface area contributed by atoms with Gasteiger partial charge in [-0.2, -0.15) is 0 Å². The van der Waals surface area contributed by atoms with Crippen molar-refractivity contribution in [2.24, 2.45) is 0 Å². The summed E-state index contributed by atoms with van der Waals surface area (Å²) in [5.41, 5.74) is 5.46. The normalized spacial score (nSPS) is 9.73. The molecule has 0 aliphatic rings. The van der Waals surface area contributed by atoms with Crippen molar-refractivity contribution in [3.8, 4) is 34.1 Å². The molecular weight excluding hydrogens is 579 g/mol. The van der Waals surface area contributed by atoms with Crippen molar-refractivity contribution in [3.63, 3.8) is 0 Å². The van der Waals surface area contributed by atoms with E-state index in [1.807, 2.05) is 63.2 Å². The average Bonchev–Trinajstić information content (AvgIpc) is 2.92. The van der Waals surface area contributed by atoms with Gasteiger partial charge in [0.25, 0.3) is 0 Å². The van der Waals surface area contributed by atoms with Crippen molar-refractivity contribution in [2.75, 3.05) is 0 Å². The third-order valence-corrected chi connectivity index (χ3v) is 6.69. The van der Waals surface area contributed by atoms with Crippen LogP contribution in [0, 0.1) is 27.7 Å². The topological polar surface area (TPSA) is 80.9 Å². The summed E-state index contributed by atoms with van der Waals surface area (Å²) in [7, 11) is 0. The van der Waals surface area contributed by atoms with E-state index < -0.39 is 0 Å². The Bertz CT molecular complexity index is 1510. The van der Waals surface area contributed by atoms with E-state index in [1.165, 1.54) is 0 Å². The van der Waals surface area contributed by atoms with Gasteiger partial charge in [-0.3, -0.25) is 0 Å². The second-order valence-electron chi connectivity index (χ2n) is 9.19. The lowest BCUT2D eigenvalue weighted by Crippen LogP contribution is -1.79. The summed E-state index contributed by atoms with van der Waals surface area (Å²) in [5.74, 6) is 1.16. The molecule has 5 aromatic rings. The molecule has 0 saturated carbocycles. The molecule has 5 rings (SSSR count). The van der Waals surface area contributed by atoms with Crippen LogP contribution in [0.25, 0.3) is 11.1 Å². The summed E-state index contributed by atoms with van der Waals surface area (Å²) < 4.78 is 0. The number of aryl methyl sites for hydroxylation is 4. The molecule has 214 valence electrons. The standard InChI is InChI=1S/C12H9ClO.C8H9ClO.C7H7ClO.C7H8O/c13-10-6-7-12(14)11(8-10)9-4-2-1-3-5-9;1-5-3-7(10)4-6(2)8(5)9;1-5-4-6(8)2-3-7(5)9;1-6-3-2-4-7(8)5-6/h1-8,14H;3-4,10H,1-2H3;2-4,9H,1H3;2-5,8H,1H3. The van der Waals surface area contributed by atoms with Gasteiger partial charge in [-0.25, -0.2) is 0 Å². The number of rotatable bonds is 1. The lowest BCUT2D eigenvalue weighted by molar-refractivity contribution is 0.471. The van der Waals surface area contributed by atoms with Gasteiger partial charge in [0.1, 0.15) is 23.0 Å². The van der Waals surface area contributed by atoms with E-state index in [4.69, 9.17) is 50.1 Å². The fourth-order valence-electron chi connectivity index (χ4n) is 3.53. The molecule has 0 atom stereocenters. The second kappa shape index (κ2) is 16.4. The molecule has 0 radical (unpaired) electrons. The van der Waals surface area contributed by atoms with Crippen molar-refractivity contribution >= 4 is 34.8 Å². The first-order chi connectivity index (χ1) is 19.4. The third-order valence-electron chi connectivity index (χ3n) is 5.63. The fourth-order valence-corrected chi connectivity index (χ4v) is 4.03. The van der Waals surface area contributed by atoms with Crippen molar-refractivity contribution in [1.82, 2.24) is 0 Å². The van der Waals surface area contributed by atoms with E-state index in [-0.39, 0.29) is 11.5 Å². The van der Waals surface area contributed by atoms with E-state index in [2.05, 4.69) is 0 Å². The fraction of sp³-hybridized carbons (Fsp3) is 0.118. The van der Waals surface area contributed by atoms with Crippen LogP contribution in [0.1, 0.15) is 22.3 Å². The van der Waals surface area contributed by atoms with Gasteiger partial charge < -0.3 is 20.4 Å². The van der Waals surface area contributed by atoms with E-state index in [0.717, 1.165) is 38.4 Å². The molecule has 0 heterocycles. The maximum atomic E-state index is 9.63. The predicted molar refractivity (Wildman–Crippen MR) is 172 cm³/mol. The SMILES string of the molecule is Cc1cc(Cl)ccc1O.Cc1cc(O)cc(C)c1Cl.Cc1cccc(O)c1.Oc1ccc(Cl)cc1-c1ccccc1. The van der Waals surface area contributed by atoms with Crippen molar-refractivity contribution in [2.45, 2.75) is 27.7 Å². The molecule has 0 spiro atoms. The van der Waals surface area contributed by atoms with Gasteiger partial charge in [-0.1, -0.05) is 77.3 Å². The first-order valence-electron chi connectivity index (χ1n) is 12.6. The highest BCUT2D eigenvalue weighted by atomic mass is 35.5. The Morgan fingerprint density at radius 2 is 1.02 bits per heavy atom. The van der Waals surface area contributed by atoms with Gasteiger partial charge in [0.2, 0.25) is 0 Å². The van der Waals surface area contributed by atoms with Gasteiger partial charge in [-0.15, -0.1) is 0 Å². The third kappa shape index (κ3) is 11.7. The molecule has 0 unspecified atom stereocenters. The summed E-state index contributed by atoms with van der Waals surface area (Å²) >= 11 is 17.3. The molecule has 7 heteroatoms. The van der Waals surface area contributed by atoms with E-state index in [1.54, 1.807) is 67.6 Å². The highest BCUT2D eigenvalue weighted by molar-refractivity contribution is 6.32. The van der Waals surface area contributed by atoms with Crippen molar-refractivity contribution in [3.05, 3.63) is 140 Å². The zero-order valence-electron chi connectivity index (χ0n) is 23.2. The maximum absolute atomic E-state index is 9.63. The Kier molecular flexibility index (Phi) is 13.4. The molecule has 41 heavy (non-hydrogen) atoms. The molecule has 0 aliphatic carbocycles. The van der Waals surface area contributed by atoms with E-state index in [9.17, 15) is 5.11 Å². The van der Waals surface area contributed by atoms with Crippen LogP contribution in [0.4, 0.5) is 0 Å². The quantitative estimate of drug-likeness (QED) is 0.152. The summed E-state index contributed by atoms with van der Waals surface area (Å²) in [5, 5.41) is 38.5. The number of hydrogen-bond donors (Lipinski definition) is 4. The van der Waals surface area contributed by atoms with Gasteiger partial charge in [-0.05, 0) is 116 Å². The van der Waals surface area contributed by atoms with Crippen LogP contribution < -0.4 is 0 Å². The van der Waals surface area contributed by atoms with Gasteiger partial charge >= 0.3 is 0 Å². The number of benzene rings is 5.